The first kappa shape index (κ1) is 22.5. The maximum Gasteiger partial charge on any atom is 0.419 e. The maximum atomic E-state index is 11.9. The number of nitrogens with one attached hydrogen (secondary N) is 1. The van der Waals surface area contributed by atoms with Crippen molar-refractivity contribution in [3.05, 3.63) is 28.7 Å². The summed E-state index contributed by atoms with van der Waals surface area (Å²) in [5.74, 6) is -0.545. The van der Waals surface area contributed by atoms with Crippen LogP contribution in [0.2, 0.25) is 0 Å². The molecule has 1 amide bonds. The van der Waals surface area contributed by atoms with Gasteiger partial charge in [-0.25, -0.2) is 4.79 Å². The van der Waals surface area contributed by atoms with Crippen molar-refractivity contribution in [3.63, 3.8) is 0 Å². The van der Waals surface area contributed by atoms with Crippen LogP contribution in [0.4, 0.5) is 5.69 Å². The molecular weight excluding hydrogens is 355 g/mol. The number of rotatable bonds is 6. The van der Waals surface area contributed by atoms with E-state index in [0.29, 0.717) is 23.3 Å². The molecule has 0 bridgehead atoms. The molecular formula is C15H24Cl2N4O3. The monoisotopic (exact) mass is 378 g/mol. The molecule has 136 valence electrons. The fraction of sp³-hybridized carbons (Fsp3) is 0.467. The molecule has 24 heavy (non-hydrogen) atoms. The van der Waals surface area contributed by atoms with Crippen molar-refractivity contribution in [2.24, 2.45) is 5.73 Å². The number of carbonyl (C=O) groups excluding carboxylic acids is 1. The van der Waals surface area contributed by atoms with E-state index in [4.69, 9.17) is 10.2 Å². The molecule has 0 aliphatic rings. The number of likely N-dealkylation sites (N-methyl/N-ethyl adjacent to an activating group) is 1. The molecule has 9 heteroatoms. The number of hydrogen-bond acceptors (Lipinski definition) is 5. The van der Waals surface area contributed by atoms with E-state index in [1.165, 1.54) is 0 Å². The lowest BCUT2D eigenvalue weighted by atomic mass is 10.2. The van der Waals surface area contributed by atoms with E-state index >= 15 is 0 Å². The first-order valence-corrected chi connectivity index (χ1v) is 7.20. The van der Waals surface area contributed by atoms with Crippen LogP contribution in [0.25, 0.3) is 11.1 Å². The lowest BCUT2D eigenvalue weighted by molar-refractivity contribution is -0.116. The lowest BCUT2D eigenvalue weighted by Crippen LogP contribution is -2.24. The number of halogens is 2. The topological polar surface area (TPSA) is 93.5 Å². The molecule has 1 unspecified atom stereocenters. The van der Waals surface area contributed by atoms with Gasteiger partial charge in [0.15, 0.2) is 5.58 Å². The Bertz CT molecular complexity index is 725. The highest BCUT2D eigenvalue weighted by Gasteiger charge is 2.11. The quantitative estimate of drug-likeness (QED) is 0.797. The predicted molar refractivity (Wildman–Crippen MR) is 100 cm³/mol. The van der Waals surface area contributed by atoms with Crippen molar-refractivity contribution in [1.29, 1.82) is 0 Å². The van der Waals surface area contributed by atoms with Crippen molar-refractivity contribution in [3.8, 4) is 0 Å². The molecule has 0 spiro atoms. The van der Waals surface area contributed by atoms with Crippen LogP contribution in [-0.4, -0.2) is 42.1 Å². The van der Waals surface area contributed by atoms with Gasteiger partial charge in [-0.15, -0.1) is 24.8 Å². The lowest BCUT2D eigenvalue weighted by Gasteiger charge is -2.10. The Hall–Kier alpha value is -1.54. The summed E-state index contributed by atoms with van der Waals surface area (Å²) in [5, 5.41) is 2.78. The fourth-order valence-corrected chi connectivity index (χ4v) is 2.16. The molecule has 0 saturated carbocycles. The van der Waals surface area contributed by atoms with Gasteiger partial charge in [-0.1, -0.05) is 0 Å². The van der Waals surface area contributed by atoms with E-state index in [1.807, 2.05) is 19.0 Å². The first-order chi connectivity index (χ1) is 10.4. The number of anilines is 1. The Morgan fingerprint density at radius 3 is 2.62 bits per heavy atom. The highest BCUT2D eigenvalue weighted by Crippen LogP contribution is 2.18. The fourth-order valence-electron chi connectivity index (χ4n) is 2.16. The Morgan fingerprint density at radius 2 is 2.04 bits per heavy atom. The summed E-state index contributed by atoms with van der Waals surface area (Å²) in [6.45, 7) is 3.02. The second kappa shape index (κ2) is 9.68. The predicted octanol–water partition coefficient (Wildman–Crippen LogP) is 1.68. The minimum Gasteiger partial charge on any atom is -0.408 e. The molecule has 2 rings (SSSR count). The molecule has 0 saturated heterocycles. The zero-order chi connectivity index (χ0) is 16.3. The Balaban J connectivity index is 0.00000264. The van der Waals surface area contributed by atoms with Gasteiger partial charge in [0.1, 0.15) is 0 Å². The number of aromatic nitrogens is 1. The van der Waals surface area contributed by atoms with Crippen LogP contribution < -0.4 is 16.8 Å². The van der Waals surface area contributed by atoms with Crippen LogP contribution >= 0.6 is 24.8 Å². The Labute approximate surface area is 153 Å². The van der Waals surface area contributed by atoms with Gasteiger partial charge in [-0.3, -0.25) is 9.36 Å². The van der Waals surface area contributed by atoms with E-state index in [0.717, 1.165) is 6.54 Å². The number of fused-ring (bicyclic) bond motifs is 1. The molecule has 0 aliphatic carbocycles. The third-order valence-electron chi connectivity index (χ3n) is 3.23. The summed E-state index contributed by atoms with van der Waals surface area (Å²) in [4.78, 5) is 25.7. The van der Waals surface area contributed by atoms with Gasteiger partial charge in [-0.2, -0.15) is 0 Å². The van der Waals surface area contributed by atoms with Crippen LogP contribution in [0.15, 0.2) is 27.4 Å². The minimum atomic E-state index is -0.393. The van der Waals surface area contributed by atoms with Crippen LogP contribution in [-0.2, 0) is 11.3 Å². The standard InChI is InChI=1S/C15H22N4O3.2ClH/c1-10(16)8-14(20)17-11-4-5-13-12(9-11)19(15(21)22-13)7-6-18(2)3;;/h4-5,9-10H,6-8,16H2,1-3H3,(H,17,20);2*1H. The van der Waals surface area contributed by atoms with E-state index < -0.39 is 5.76 Å². The molecule has 0 radical (unpaired) electrons. The number of carbonyl (C=O) groups is 1. The van der Waals surface area contributed by atoms with Crippen molar-refractivity contribution in [1.82, 2.24) is 9.47 Å². The molecule has 1 atom stereocenters. The molecule has 1 aromatic heterocycles. The van der Waals surface area contributed by atoms with Gasteiger partial charge in [-0.05, 0) is 39.2 Å². The number of hydrogen-bond donors (Lipinski definition) is 2. The van der Waals surface area contributed by atoms with Crippen molar-refractivity contribution >= 4 is 47.5 Å². The van der Waals surface area contributed by atoms with E-state index in [2.05, 4.69) is 5.32 Å². The van der Waals surface area contributed by atoms with E-state index in [1.54, 1.807) is 29.7 Å². The molecule has 1 heterocycles. The summed E-state index contributed by atoms with van der Waals surface area (Å²) >= 11 is 0. The second-order valence-corrected chi connectivity index (χ2v) is 5.73. The van der Waals surface area contributed by atoms with Gasteiger partial charge in [0.2, 0.25) is 5.91 Å². The molecule has 3 N–H and O–H groups in total. The zero-order valence-electron chi connectivity index (χ0n) is 13.9. The number of nitrogens with zero attached hydrogens (tertiary/aromatic N) is 2. The second-order valence-electron chi connectivity index (χ2n) is 5.73. The van der Waals surface area contributed by atoms with E-state index in [-0.39, 0.29) is 43.2 Å². The highest BCUT2D eigenvalue weighted by atomic mass is 35.5. The average molecular weight is 379 g/mol. The van der Waals surface area contributed by atoms with Crippen molar-refractivity contribution < 1.29 is 9.21 Å². The van der Waals surface area contributed by atoms with Crippen LogP contribution in [0.3, 0.4) is 0 Å². The Kier molecular flexibility index (Phi) is 9.06. The largest absolute Gasteiger partial charge is 0.419 e. The van der Waals surface area contributed by atoms with Gasteiger partial charge in [0, 0.05) is 31.2 Å². The normalized spacial score (nSPS) is 11.7. The summed E-state index contributed by atoms with van der Waals surface area (Å²) < 4.78 is 6.78. The number of benzene rings is 1. The van der Waals surface area contributed by atoms with Crippen molar-refractivity contribution in [2.45, 2.75) is 25.9 Å². The number of nitrogens with two attached hydrogens (primary N) is 1. The third-order valence-corrected chi connectivity index (χ3v) is 3.23. The number of amides is 1. The molecule has 1 aromatic carbocycles. The van der Waals surface area contributed by atoms with Gasteiger partial charge < -0.3 is 20.4 Å². The summed E-state index contributed by atoms with van der Waals surface area (Å²) in [6.07, 6.45) is 0.247. The molecule has 0 fully saturated rings. The van der Waals surface area contributed by atoms with Gasteiger partial charge in [0.05, 0.1) is 5.52 Å². The minimum absolute atomic E-state index is 0. The van der Waals surface area contributed by atoms with Crippen LogP contribution in [0.1, 0.15) is 13.3 Å². The summed E-state index contributed by atoms with van der Waals surface area (Å²) in [7, 11) is 3.87. The SMILES string of the molecule is CC(N)CC(=O)Nc1ccc2oc(=O)n(CCN(C)C)c2c1.Cl.Cl. The van der Waals surface area contributed by atoms with Crippen LogP contribution in [0.5, 0.6) is 0 Å². The molecule has 2 aromatic rings. The van der Waals surface area contributed by atoms with Crippen LogP contribution in [0, 0.1) is 0 Å². The summed E-state index contributed by atoms with van der Waals surface area (Å²) in [5.41, 5.74) is 7.41. The summed E-state index contributed by atoms with van der Waals surface area (Å²) in [6, 6.07) is 4.94. The Morgan fingerprint density at radius 1 is 1.38 bits per heavy atom. The molecule has 0 aliphatic heterocycles. The molecule has 7 nitrogen and oxygen atoms in total. The third kappa shape index (κ3) is 5.83. The first-order valence-electron chi connectivity index (χ1n) is 7.20. The average Bonchev–Trinajstić information content (AvgIpc) is 2.70. The van der Waals surface area contributed by atoms with Gasteiger partial charge in [0.25, 0.3) is 0 Å². The maximum absolute atomic E-state index is 11.9. The van der Waals surface area contributed by atoms with Crippen molar-refractivity contribution in [2.75, 3.05) is 26.0 Å². The zero-order valence-corrected chi connectivity index (χ0v) is 15.6. The smallest absolute Gasteiger partial charge is 0.408 e. The number of oxazole rings is 1. The highest BCUT2D eigenvalue weighted by molar-refractivity contribution is 5.93. The van der Waals surface area contributed by atoms with Gasteiger partial charge >= 0.3 is 5.76 Å². The van der Waals surface area contributed by atoms with E-state index in [9.17, 15) is 9.59 Å².